The zero-order valence-corrected chi connectivity index (χ0v) is 14.0. The summed E-state index contributed by atoms with van der Waals surface area (Å²) in [6.45, 7) is 4.06. The Morgan fingerprint density at radius 3 is 2.79 bits per heavy atom. The Kier molecular flexibility index (Phi) is 5.84. The third-order valence-electron chi connectivity index (χ3n) is 5.02. The van der Waals surface area contributed by atoms with Crippen LogP contribution in [-0.4, -0.2) is 43.2 Å². The van der Waals surface area contributed by atoms with Gasteiger partial charge in [-0.1, -0.05) is 18.2 Å². The van der Waals surface area contributed by atoms with Gasteiger partial charge in [0.2, 0.25) is 5.91 Å². The number of nitriles is 1. The van der Waals surface area contributed by atoms with Crippen molar-refractivity contribution in [2.75, 3.05) is 26.2 Å². The number of hydrogen-bond acceptors (Lipinski definition) is 4. The molecule has 1 amide bonds. The molecule has 3 rings (SSSR count). The number of nitrogens with zero attached hydrogens (tertiary/aromatic N) is 2. The number of likely N-dealkylation sites (tertiary alicyclic amines) is 1. The van der Waals surface area contributed by atoms with Crippen LogP contribution in [0.2, 0.25) is 0 Å². The summed E-state index contributed by atoms with van der Waals surface area (Å²) >= 11 is 0. The molecule has 0 aliphatic carbocycles. The molecular weight excluding hydrogens is 302 g/mol. The minimum Gasteiger partial charge on any atom is -0.376 e. The molecular formula is C19H25N3O2. The normalized spacial score (nSPS) is 22.2. The molecule has 2 heterocycles. The summed E-state index contributed by atoms with van der Waals surface area (Å²) < 4.78 is 5.55. The highest BCUT2D eigenvalue weighted by Gasteiger charge is 2.26. The number of amides is 1. The molecule has 0 aromatic heterocycles. The number of carbonyl (C=O) groups is 1. The topological polar surface area (TPSA) is 65.4 Å². The Bertz CT molecular complexity index is 597. The van der Waals surface area contributed by atoms with Crippen molar-refractivity contribution in [3.63, 3.8) is 0 Å². The number of nitrogens with one attached hydrogen (secondary N) is 1. The van der Waals surface area contributed by atoms with Crippen LogP contribution in [-0.2, 0) is 16.1 Å². The summed E-state index contributed by atoms with van der Waals surface area (Å²) in [5, 5.41) is 12.2. The van der Waals surface area contributed by atoms with Crippen molar-refractivity contribution in [2.24, 2.45) is 5.92 Å². The number of carbonyl (C=O) groups excluding carboxylic acids is 1. The summed E-state index contributed by atoms with van der Waals surface area (Å²) in [6, 6.07) is 10.00. The maximum Gasteiger partial charge on any atom is 0.223 e. The highest BCUT2D eigenvalue weighted by Crippen LogP contribution is 2.20. The lowest BCUT2D eigenvalue weighted by molar-refractivity contribution is -0.127. The second kappa shape index (κ2) is 8.27. The fraction of sp³-hybridized carbons (Fsp3) is 0.579. The zero-order chi connectivity index (χ0) is 16.8. The third kappa shape index (κ3) is 4.34. The molecule has 5 heteroatoms. The van der Waals surface area contributed by atoms with E-state index in [0.29, 0.717) is 6.54 Å². The maximum atomic E-state index is 12.3. The number of hydrogen-bond donors (Lipinski definition) is 1. The van der Waals surface area contributed by atoms with E-state index in [0.717, 1.165) is 63.1 Å². The van der Waals surface area contributed by atoms with Crippen molar-refractivity contribution >= 4 is 5.91 Å². The predicted octanol–water partition coefficient (Wildman–Crippen LogP) is 2.07. The standard InChI is InChI=1S/C19H25N3O2/c20-12-16-4-1-2-5-17(16)14-22-9-7-15(8-10-22)19(23)21-13-18-6-3-11-24-18/h1-2,4-5,15,18H,3,6-11,13-14H2,(H,21,23). The fourth-order valence-electron chi connectivity index (χ4n) is 3.53. The first-order valence-corrected chi connectivity index (χ1v) is 8.86. The van der Waals surface area contributed by atoms with Crippen molar-refractivity contribution in [1.29, 1.82) is 5.26 Å². The van der Waals surface area contributed by atoms with Gasteiger partial charge in [-0.3, -0.25) is 9.69 Å². The van der Waals surface area contributed by atoms with Crippen LogP contribution in [0.4, 0.5) is 0 Å². The van der Waals surface area contributed by atoms with Gasteiger partial charge in [-0.25, -0.2) is 0 Å². The van der Waals surface area contributed by atoms with Crippen LogP contribution in [0.25, 0.3) is 0 Å². The molecule has 0 spiro atoms. The minimum atomic E-state index is 0.105. The van der Waals surface area contributed by atoms with E-state index in [1.807, 2.05) is 24.3 Å². The lowest BCUT2D eigenvalue weighted by Crippen LogP contribution is -2.42. The zero-order valence-electron chi connectivity index (χ0n) is 14.0. The molecule has 0 bridgehead atoms. The van der Waals surface area contributed by atoms with Gasteiger partial charge in [0.15, 0.2) is 0 Å². The largest absolute Gasteiger partial charge is 0.376 e. The number of piperidine rings is 1. The molecule has 2 aliphatic rings. The van der Waals surface area contributed by atoms with E-state index in [2.05, 4.69) is 16.3 Å². The van der Waals surface area contributed by atoms with E-state index in [9.17, 15) is 10.1 Å². The van der Waals surface area contributed by atoms with Crippen molar-refractivity contribution in [3.8, 4) is 6.07 Å². The first kappa shape index (κ1) is 16.9. The molecule has 1 atom stereocenters. The molecule has 1 aromatic carbocycles. The molecule has 1 N–H and O–H groups in total. The molecule has 5 nitrogen and oxygen atoms in total. The number of rotatable bonds is 5. The van der Waals surface area contributed by atoms with Gasteiger partial charge in [0.05, 0.1) is 17.7 Å². The Hall–Kier alpha value is -1.90. The average Bonchev–Trinajstić information content (AvgIpc) is 3.14. The maximum absolute atomic E-state index is 12.3. The Morgan fingerprint density at radius 1 is 1.29 bits per heavy atom. The molecule has 1 aromatic rings. The number of benzene rings is 1. The van der Waals surface area contributed by atoms with Crippen LogP contribution in [0.5, 0.6) is 0 Å². The molecule has 1 unspecified atom stereocenters. The van der Waals surface area contributed by atoms with Crippen molar-refractivity contribution in [2.45, 2.75) is 38.3 Å². The van der Waals surface area contributed by atoms with Crippen LogP contribution in [0.1, 0.15) is 36.8 Å². The van der Waals surface area contributed by atoms with Gasteiger partial charge in [-0.05, 0) is 50.4 Å². The SMILES string of the molecule is N#Cc1ccccc1CN1CCC(C(=O)NCC2CCCO2)CC1. The number of ether oxygens (including phenoxy) is 1. The van der Waals surface area contributed by atoms with E-state index < -0.39 is 0 Å². The van der Waals surface area contributed by atoms with Crippen LogP contribution >= 0.6 is 0 Å². The van der Waals surface area contributed by atoms with Gasteiger partial charge in [0.1, 0.15) is 0 Å². The van der Waals surface area contributed by atoms with Crippen LogP contribution in [0.3, 0.4) is 0 Å². The van der Waals surface area contributed by atoms with Gasteiger partial charge in [-0.2, -0.15) is 5.26 Å². The van der Waals surface area contributed by atoms with Crippen LogP contribution in [0, 0.1) is 17.2 Å². The molecule has 2 saturated heterocycles. The van der Waals surface area contributed by atoms with Gasteiger partial charge in [0.25, 0.3) is 0 Å². The van der Waals surface area contributed by atoms with Crippen LogP contribution in [0.15, 0.2) is 24.3 Å². The summed E-state index contributed by atoms with van der Waals surface area (Å²) in [6.07, 6.45) is 4.12. The van der Waals surface area contributed by atoms with Crippen LogP contribution < -0.4 is 5.32 Å². The Morgan fingerprint density at radius 2 is 2.08 bits per heavy atom. The monoisotopic (exact) mass is 327 g/mol. The van der Waals surface area contributed by atoms with Crippen molar-refractivity contribution in [3.05, 3.63) is 35.4 Å². The lowest BCUT2D eigenvalue weighted by Gasteiger charge is -2.31. The Balaban J connectivity index is 1.43. The lowest BCUT2D eigenvalue weighted by atomic mass is 9.95. The molecule has 0 radical (unpaired) electrons. The second-order valence-electron chi connectivity index (χ2n) is 6.70. The first-order valence-electron chi connectivity index (χ1n) is 8.86. The van der Waals surface area contributed by atoms with E-state index in [1.165, 1.54) is 0 Å². The van der Waals surface area contributed by atoms with Gasteiger partial charge in [-0.15, -0.1) is 0 Å². The fourth-order valence-corrected chi connectivity index (χ4v) is 3.53. The van der Waals surface area contributed by atoms with E-state index in [4.69, 9.17) is 4.74 Å². The molecule has 24 heavy (non-hydrogen) atoms. The van der Waals surface area contributed by atoms with Gasteiger partial charge in [0, 0.05) is 25.6 Å². The Labute approximate surface area is 143 Å². The summed E-state index contributed by atoms with van der Waals surface area (Å²) in [5.74, 6) is 0.274. The molecule has 128 valence electrons. The average molecular weight is 327 g/mol. The second-order valence-corrected chi connectivity index (χ2v) is 6.70. The molecule has 0 saturated carbocycles. The van der Waals surface area contributed by atoms with Crippen molar-refractivity contribution < 1.29 is 9.53 Å². The first-order chi connectivity index (χ1) is 11.8. The predicted molar refractivity (Wildman–Crippen MR) is 91.1 cm³/mol. The summed E-state index contributed by atoms with van der Waals surface area (Å²) in [7, 11) is 0. The highest BCUT2D eigenvalue weighted by atomic mass is 16.5. The van der Waals surface area contributed by atoms with E-state index >= 15 is 0 Å². The molecule has 2 aliphatic heterocycles. The van der Waals surface area contributed by atoms with Gasteiger partial charge >= 0.3 is 0 Å². The van der Waals surface area contributed by atoms with Gasteiger partial charge < -0.3 is 10.1 Å². The smallest absolute Gasteiger partial charge is 0.223 e. The van der Waals surface area contributed by atoms with E-state index in [1.54, 1.807) is 0 Å². The minimum absolute atomic E-state index is 0.105. The quantitative estimate of drug-likeness (QED) is 0.899. The summed E-state index contributed by atoms with van der Waals surface area (Å²) in [5.41, 5.74) is 1.82. The summed E-state index contributed by atoms with van der Waals surface area (Å²) in [4.78, 5) is 14.6. The van der Waals surface area contributed by atoms with E-state index in [-0.39, 0.29) is 17.9 Å². The third-order valence-corrected chi connectivity index (χ3v) is 5.02. The highest BCUT2D eigenvalue weighted by molar-refractivity contribution is 5.78. The molecule has 2 fully saturated rings. The van der Waals surface area contributed by atoms with Crippen molar-refractivity contribution in [1.82, 2.24) is 10.2 Å².